The number of nitrogens with zero attached hydrogens (tertiary/aromatic N) is 3. The lowest BCUT2D eigenvalue weighted by molar-refractivity contribution is -0.104. The zero-order valence-corrected chi connectivity index (χ0v) is 17.2. The van der Waals surface area contributed by atoms with Crippen LogP contribution in [0.2, 0.25) is 0 Å². The second kappa shape index (κ2) is 9.38. The van der Waals surface area contributed by atoms with Crippen LogP contribution in [0.5, 0.6) is 0 Å². The maximum atomic E-state index is 12.7. The SMILES string of the molecule is O=CC1=CN=C(NC2(c3ccccc3)CCN(C(=O)Nc3ccccc3)CC2)CN=C1. The molecule has 7 heteroatoms. The van der Waals surface area contributed by atoms with E-state index in [-0.39, 0.29) is 11.6 Å². The quantitative estimate of drug-likeness (QED) is 0.751. The standard InChI is InChI=1S/C24H25N5O2/c30-18-19-15-25-17-22(26-16-19)28-24(20-7-3-1-4-8-20)11-13-29(14-12-24)23(31)27-21-9-5-2-6-10-21/h1-10,15-16,18H,11-14,17H2,(H,26,28)(H,27,31). The highest BCUT2D eigenvalue weighted by Gasteiger charge is 2.38. The van der Waals surface area contributed by atoms with Crippen LogP contribution in [0.1, 0.15) is 18.4 Å². The number of urea groups is 1. The van der Waals surface area contributed by atoms with Gasteiger partial charge in [-0.25, -0.2) is 9.79 Å². The predicted molar refractivity (Wildman–Crippen MR) is 122 cm³/mol. The first-order valence-corrected chi connectivity index (χ1v) is 10.4. The fourth-order valence-corrected chi connectivity index (χ4v) is 3.93. The van der Waals surface area contributed by atoms with E-state index in [1.165, 1.54) is 12.4 Å². The van der Waals surface area contributed by atoms with Gasteiger partial charge in [-0.3, -0.25) is 9.79 Å². The van der Waals surface area contributed by atoms with E-state index in [0.717, 1.165) is 30.4 Å². The molecule has 2 amide bonds. The molecule has 1 fully saturated rings. The van der Waals surface area contributed by atoms with Crippen LogP contribution < -0.4 is 10.6 Å². The summed E-state index contributed by atoms with van der Waals surface area (Å²) in [6.07, 6.45) is 5.27. The summed E-state index contributed by atoms with van der Waals surface area (Å²) in [6.45, 7) is 1.58. The number of carbonyl (C=O) groups is 2. The Hall–Kier alpha value is -3.74. The summed E-state index contributed by atoms with van der Waals surface area (Å²) < 4.78 is 0. The van der Waals surface area contributed by atoms with Crippen molar-refractivity contribution in [3.63, 3.8) is 0 Å². The summed E-state index contributed by atoms with van der Waals surface area (Å²) in [5.74, 6) is 0.708. The number of carbonyl (C=O) groups excluding carboxylic acids is 2. The molecule has 2 aliphatic heterocycles. The molecule has 7 nitrogen and oxygen atoms in total. The van der Waals surface area contributed by atoms with E-state index in [1.54, 1.807) is 0 Å². The highest BCUT2D eigenvalue weighted by atomic mass is 16.2. The highest BCUT2D eigenvalue weighted by Crippen LogP contribution is 2.33. The van der Waals surface area contributed by atoms with Crippen molar-refractivity contribution >= 4 is 30.1 Å². The monoisotopic (exact) mass is 415 g/mol. The molecular formula is C24H25N5O2. The lowest BCUT2D eigenvalue weighted by Crippen LogP contribution is -2.55. The van der Waals surface area contributed by atoms with Crippen molar-refractivity contribution in [1.29, 1.82) is 0 Å². The lowest BCUT2D eigenvalue weighted by Gasteiger charge is -2.43. The van der Waals surface area contributed by atoms with E-state index in [0.29, 0.717) is 31.0 Å². The van der Waals surface area contributed by atoms with Gasteiger partial charge in [-0.05, 0) is 30.5 Å². The van der Waals surface area contributed by atoms with E-state index in [9.17, 15) is 9.59 Å². The minimum Gasteiger partial charge on any atom is -0.362 e. The van der Waals surface area contributed by atoms with Gasteiger partial charge in [0.15, 0.2) is 6.29 Å². The van der Waals surface area contributed by atoms with Crippen LogP contribution in [-0.4, -0.2) is 48.9 Å². The number of piperidine rings is 1. The summed E-state index contributed by atoms with van der Waals surface area (Å²) in [6, 6.07) is 19.6. The number of hydrogen-bond donors (Lipinski definition) is 2. The molecule has 0 spiro atoms. The van der Waals surface area contributed by atoms with Crippen LogP contribution in [0.3, 0.4) is 0 Å². The Balaban J connectivity index is 1.51. The van der Waals surface area contributed by atoms with Crippen molar-refractivity contribution in [3.8, 4) is 0 Å². The molecule has 4 rings (SSSR count). The number of hydrogen-bond acceptors (Lipinski definition) is 5. The topological polar surface area (TPSA) is 86.2 Å². The molecule has 2 aliphatic rings. The molecule has 0 aliphatic carbocycles. The van der Waals surface area contributed by atoms with Crippen LogP contribution in [0, 0.1) is 0 Å². The van der Waals surface area contributed by atoms with Crippen molar-refractivity contribution < 1.29 is 9.59 Å². The Kier molecular flexibility index (Phi) is 6.21. The largest absolute Gasteiger partial charge is 0.362 e. The van der Waals surface area contributed by atoms with Gasteiger partial charge >= 0.3 is 6.03 Å². The van der Waals surface area contributed by atoms with Gasteiger partial charge in [-0.1, -0.05) is 48.5 Å². The molecule has 31 heavy (non-hydrogen) atoms. The Labute approximate surface area is 181 Å². The van der Waals surface area contributed by atoms with Gasteiger partial charge in [-0.15, -0.1) is 0 Å². The number of amidine groups is 1. The molecule has 0 atom stereocenters. The Morgan fingerprint density at radius 2 is 1.68 bits per heavy atom. The predicted octanol–water partition coefficient (Wildman–Crippen LogP) is 3.37. The number of rotatable bonds is 4. The molecule has 2 heterocycles. The highest BCUT2D eigenvalue weighted by molar-refractivity contribution is 6.03. The number of likely N-dealkylation sites (tertiary alicyclic amines) is 1. The molecule has 2 aromatic rings. The van der Waals surface area contributed by atoms with Gasteiger partial charge in [0, 0.05) is 31.2 Å². The third kappa shape index (κ3) is 4.88. The molecule has 0 saturated carbocycles. The van der Waals surface area contributed by atoms with E-state index in [1.807, 2.05) is 53.4 Å². The third-order valence-corrected chi connectivity index (χ3v) is 5.63. The molecule has 0 radical (unpaired) electrons. The maximum Gasteiger partial charge on any atom is 0.321 e. The first-order chi connectivity index (χ1) is 15.2. The molecule has 1 saturated heterocycles. The molecule has 2 N–H and O–H groups in total. The maximum absolute atomic E-state index is 12.7. The first-order valence-electron chi connectivity index (χ1n) is 10.4. The average Bonchev–Trinajstić information content (AvgIpc) is 3.05. The van der Waals surface area contributed by atoms with Gasteiger partial charge in [0.25, 0.3) is 0 Å². The zero-order chi connectivity index (χ0) is 21.5. The molecule has 0 unspecified atom stereocenters. The second-order valence-corrected chi connectivity index (χ2v) is 7.65. The minimum absolute atomic E-state index is 0.0946. The number of benzene rings is 2. The Morgan fingerprint density at radius 3 is 2.35 bits per heavy atom. The minimum atomic E-state index is -0.362. The number of nitrogens with one attached hydrogen (secondary N) is 2. The molecule has 0 aromatic heterocycles. The zero-order valence-electron chi connectivity index (χ0n) is 17.2. The van der Waals surface area contributed by atoms with Crippen molar-refractivity contribution in [2.24, 2.45) is 9.98 Å². The number of aldehydes is 1. The van der Waals surface area contributed by atoms with Gasteiger partial charge in [0.1, 0.15) is 5.84 Å². The van der Waals surface area contributed by atoms with Crippen LogP contribution in [0.15, 0.2) is 82.4 Å². The molecular weight excluding hydrogens is 390 g/mol. The van der Waals surface area contributed by atoms with Crippen molar-refractivity contribution in [2.45, 2.75) is 18.4 Å². The van der Waals surface area contributed by atoms with Crippen molar-refractivity contribution in [2.75, 3.05) is 25.0 Å². The summed E-state index contributed by atoms with van der Waals surface area (Å²) in [5, 5.41) is 6.56. The molecule has 2 aromatic carbocycles. The smallest absolute Gasteiger partial charge is 0.321 e. The third-order valence-electron chi connectivity index (χ3n) is 5.63. The van der Waals surface area contributed by atoms with Gasteiger partial charge in [0.05, 0.1) is 17.7 Å². The number of allylic oxidation sites excluding steroid dienone is 1. The summed E-state index contributed by atoms with van der Waals surface area (Å²) >= 11 is 0. The van der Waals surface area contributed by atoms with Crippen LogP contribution >= 0.6 is 0 Å². The Bertz CT molecular complexity index is 1010. The normalized spacial score (nSPS) is 17.7. The number of amides is 2. The molecule has 0 bridgehead atoms. The van der Waals surface area contributed by atoms with E-state index < -0.39 is 0 Å². The van der Waals surface area contributed by atoms with E-state index >= 15 is 0 Å². The van der Waals surface area contributed by atoms with Crippen LogP contribution in [-0.2, 0) is 10.3 Å². The van der Waals surface area contributed by atoms with Crippen molar-refractivity contribution in [3.05, 3.63) is 78.0 Å². The summed E-state index contributed by atoms with van der Waals surface area (Å²) in [7, 11) is 0. The lowest BCUT2D eigenvalue weighted by atomic mass is 9.80. The fraction of sp³-hybridized carbons (Fsp3) is 0.250. The number of para-hydroxylation sites is 1. The Morgan fingerprint density at radius 1 is 1.00 bits per heavy atom. The summed E-state index contributed by atoms with van der Waals surface area (Å²) in [4.78, 5) is 34.3. The van der Waals surface area contributed by atoms with Gasteiger partial charge in [-0.2, -0.15) is 0 Å². The van der Waals surface area contributed by atoms with E-state index in [2.05, 4.69) is 32.8 Å². The fourth-order valence-electron chi connectivity index (χ4n) is 3.93. The van der Waals surface area contributed by atoms with Crippen molar-refractivity contribution in [1.82, 2.24) is 10.2 Å². The van der Waals surface area contributed by atoms with Gasteiger partial charge in [0.2, 0.25) is 0 Å². The van der Waals surface area contributed by atoms with Crippen LogP contribution in [0.4, 0.5) is 10.5 Å². The first kappa shape index (κ1) is 20.5. The van der Waals surface area contributed by atoms with Gasteiger partial charge < -0.3 is 15.5 Å². The van der Waals surface area contributed by atoms with E-state index in [4.69, 9.17) is 0 Å². The van der Waals surface area contributed by atoms with Crippen LogP contribution in [0.25, 0.3) is 0 Å². The number of anilines is 1. The summed E-state index contributed by atoms with van der Waals surface area (Å²) in [5.41, 5.74) is 2.01. The number of aliphatic imine (C=N–C) groups is 2. The molecule has 158 valence electrons. The average molecular weight is 415 g/mol. The second-order valence-electron chi connectivity index (χ2n) is 7.65.